The summed E-state index contributed by atoms with van der Waals surface area (Å²) in [6, 6.07) is 12.9. The lowest BCUT2D eigenvalue weighted by molar-refractivity contribution is -0.118. The first-order valence-electron chi connectivity index (χ1n) is 9.01. The average molecular weight is 362 g/mol. The standard InChI is InChI=1S/C20H18N4O3/c25-18-11-27-17-10-12(7-8-15(17)21-18)20(26)24-9-3-6-16(24)19-22-13-4-1-2-5-14(13)23-19/h1-2,4-5,7-8,10,16H,3,6,9,11H2,(H,21,25)(H,22,23). The van der Waals surface area contributed by atoms with Crippen LogP contribution in [0, 0.1) is 0 Å². The predicted octanol–water partition coefficient (Wildman–Crippen LogP) is 2.87. The Morgan fingerprint density at radius 3 is 3.00 bits per heavy atom. The minimum Gasteiger partial charge on any atom is -0.482 e. The molecule has 1 aromatic heterocycles. The monoisotopic (exact) mass is 362 g/mol. The van der Waals surface area contributed by atoms with Crippen molar-refractivity contribution < 1.29 is 14.3 Å². The van der Waals surface area contributed by atoms with E-state index in [9.17, 15) is 9.59 Å². The minimum atomic E-state index is -0.189. The summed E-state index contributed by atoms with van der Waals surface area (Å²) in [7, 11) is 0. The molecule has 1 unspecified atom stereocenters. The van der Waals surface area contributed by atoms with Gasteiger partial charge in [0.1, 0.15) is 11.6 Å². The number of hydrogen-bond donors (Lipinski definition) is 2. The van der Waals surface area contributed by atoms with E-state index in [1.165, 1.54) is 0 Å². The highest BCUT2D eigenvalue weighted by atomic mass is 16.5. The number of aromatic amines is 1. The van der Waals surface area contributed by atoms with Gasteiger partial charge in [0.25, 0.3) is 11.8 Å². The van der Waals surface area contributed by atoms with Gasteiger partial charge in [0.15, 0.2) is 6.61 Å². The van der Waals surface area contributed by atoms with E-state index in [-0.39, 0.29) is 24.5 Å². The number of fused-ring (bicyclic) bond motifs is 2. The van der Waals surface area contributed by atoms with Crippen LogP contribution in [0.3, 0.4) is 0 Å². The molecule has 0 radical (unpaired) electrons. The molecule has 0 spiro atoms. The maximum absolute atomic E-state index is 13.1. The quantitative estimate of drug-likeness (QED) is 0.734. The van der Waals surface area contributed by atoms with E-state index < -0.39 is 0 Å². The van der Waals surface area contributed by atoms with Gasteiger partial charge in [-0.25, -0.2) is 4.98 Å². The summed E-state index contributed by atoms with van der Waals surface area (Å²) < 4.78 is 5.44. The summed E-state index contributed by atoms with van der Waals surface area (Å²) in [5, 5.41) is 2.74. The first kappa shape index (κ1) is 15.9. The number of anilines is 1. The molecule has 27 heavy (non-hydrogen) atoms. The van der Waals surface area contributed by atoms with Crippen molar-refractivity contribution in [3.8, 4) is 5.75 Å². The van der Waals surface area contributed by atoms with E-state index in [2.05, 4.69) is 15.3 Å². The fourth-order valence-corrected chi connectivity index (χ4v) is 3.80. The smallest absolute Gasteiger partial charge is 0.262 e. The average Bonchev–Trinajstić information content (AvgIpc) is 3.33. The van der Waals surface area contributed by atoms with Crippen molar-refractivity contribution >= 4 is 28.5 Å². The number of aromatic nitrogens is 2. The normalized spacial score (nSPS) is 18.9. The van der Waals surface area contributed by atoms with Crippen LogP contribution in [0.5, 0.6) is 5.75 Å². The number of H-pyrrole nitrogens is 1. The van der Waals surface area contributed by atoms with Crippen LogP contribution in [0.1, 0.15) is 35.1 Å². The summed E-state index contributed by atoms with van der Waals surface area (Å²) >= 11 is 0. The number of likely N-dealkylation sites (tertiary alicyclic amines) is 1. The van der Waals surface area contributed by atoms with Gasteiger partial charge in [-0.1, -0.05) is 12.1 Å². The lowest BCUT2D eigenvalue weighted by atomic mass is 10.1. The molecule has 2 N–H and O–H groups in total. The molecule has 5 rings (SSSR count). The van der Waals surface area contributed by atoms with Gasteiger partial charge in [-0.3, -0.25) is 9.59 Å². The van der Waals surface area contributed by atoms with E-state index >= 15 is 0 Å². The molecule has 2 amide bonds. The molecule has 2 aliphatic heterocycles. The predicted molar refractivity (Wildman–Crippen MR) is 99.7 cm³/mol. The van der Waals surface area contributed by atoms with Gasteiger partial charge in [-0.15, -0.1) is 0 Å². The maximum Gasteiger partial charge on any atom is 0.262 e. The van der Waals surface area contributed by atoms with Crippen LogP contribution in [-0.4, -0.2) is 39.8 Å². The number of amides is 2. The Bertz CT molecular complexity index is 1030. The molecule has 7 nitrogen and oxygen atoms in total. The lowest BCUT2D eigenvalue weighted by Gasteiger charge is -2.24. The van der Waals surface area contributed by atoms with Crippen molar-refractivity contribution in [2.75, 3.05) is 18.5 Å². The minimum absolute atomic E-state index is 0.0318. The summed E-state index contributed by atoms with van der Waals surface area (Å²) in [5.41, 5.74) is 3.03. The van der Waals surface area contributed by atoms with Crippen LogP contribution < -0.4 is 10.1 Å². The maximum atomic E-state index is 13.1. The van der Waals surface area contributed by atoms with Crippen molar-refractivity contribution in [2.24, 2.45) is 0 Å². The molecule has 1 atom stereocenters. The Kier molecular flexibility index (Phi) is 3.60. The Morgan fingerprint density at radius 2 is 2.11 bits per heavy atom. The number of carbonyl (C=O) groups is 2. The van der Waals surface area contributed by atoms with Crippen molar-refractivity contribution in [3.05, 3.63) is 53.9 Å². The van der Waals surface area contributed by atoms with Crippen LogP contribution in [-0.2, 0) is 4.79 Å². The molecule has 3 aromatic rings. The highest BCUT2D eigenvalue weighted by molar-refractivity contribution is 5.99. The molecular weight excluding hydrogens is 344 g/mol. The summed E-state index contributed by atoms with van der Waals surface area (Å²) in [4.78, 5) is 34.4. The number of carbonyl (C=O) groups excluding carboxylic acids is 2. The zero-order valence-electron chi connectivity index (χ0n) is 14.6. The second kappa shape index (κ2) is 6.12. The first-order valence-corrected chi connectivity index (χ1v) is 9.01. The fraction of sp³-hybridized carbons (Fsp3) is 0.250. The zero-order valence-corrected chi connectivity index (χ0v) is 14.6. The molecule has 1 fully saturated rings. The van der Waals surface area contributed by atoms with Gasteiger partial charge >= 0.3 is 0 Å². The van der Waals surface area contributed by atoms with Gasteiger partial charge in [-0.2, -0.15) is 0 Å². The third-order valence-electron chi connectivity index (χ3n) is 5.10. The Labute approximate surface area is 155 Å². The van der Waals surface area contributed by atoms with E-state index in [0.29, 0.717) is 23.5 Å². The number of nitrogens with zero attached hydrogens (tertiary/aromatic N) is 2. The van der Waals surface area contributed by atoms with E-state index in [1.807, 2.05) is 29.2 Å². The number of para-hydroxylation sites is 2. The molecule has 7 heteroatoms. The van der Waals surface area contributed by atoms with Crippen LogP contribution >= 0.6 is 0 Å². The second-order valence-electron chi connectivity index (χ2n) is 6.84. The van der Waals surface area contributed by atoms with Crippen molar-refractivity contribution in [3.63, 3.8) is 0 Å². The van der Waals surface area contributed by atoms with Gasteiger partial charge in [0, 0.05) is 12.1 Å². The summed E-state index contributed by atoms with van der Waals surface area (Å²) in [6.45, 7) is 0.658. The zero-order chi connectivity index (χ0) is 18.4. The SMILES string of the molecule is O=C1COc2cc(C(=O)N3CCCC3c3nc4ccccc4[nH]3)ccc2N1. The van der Waals surface area contributed by atoms with E-state index in [1.54, 1.807) is 18.2 Å². The third-order valence-corrected chi connectivity index (χ3v) is 5.10. The molecule has 1 saturated heterocycles. The van der Waals surface area contributed by atoms with Gasteiger partial charge in [-0.05, 0) is 43.2 Å². The van der Waals surface area contributed by atoms with Crippen LogP contribution in [0.4, 0.5) is 5.69 Å². The number of nitrogens with one attached hydrogen (secondary N) is 2. The molecule has 0 bridgehead atoms. The Balaban J connectivity index is 1.44. The fourth-order valence-electron chi connectivity index (χ4n) is 3.80. The highest BCUT2D eigenvalue weighted by Gasteiger charge is 2.33. The van der Waals surface area contributed by atoms with Crippen molar-refractivity contribution in [1.29, 1.82) is 0 Å². The molecule has 2 aliphatic rings. The molecular formula is C20H18N4O3. The van der Waals surface area contributed by atoms with Crippen LogP contribution in [0.15, 0.2) is 42.5 Å². The van der Waals surface area contributed by atoms with Crippen molar-refractivity contribution in [2.45, 2.75) is 18.9 Å². The van der Waals surface area contributed by atoms with Gasteiger partial charge in [0.2, 0.25) is 0 Å². The number of hydrogen-bond acceptors (Lipinski definition) is 4. The lowest BCUT2D eigenvalue weighted by Crippen LogP contribution is -2.31. The molecule has 0 aliphatic carbocycles. The molecule has 0 saturated carbocycles. The van der Waals surface area contributed by atoms with Crippen LogP contribution in [0.2, 0.25) is 0 Å². The number of benzene rings is 2. The molecule has 2 aromatic carbocycles. The highest BCUT2D eigenvalue weighted by Crippen LogP contribution is 2.34. The number of rotatable bonds is 2. The largest absolute Gasteiger partial charge is 0.482 e. The third kappa shape index (κ3) is 2.71. The summed E-state index contributed by atoms with van der Waals surface area (Å²) in [5.74, 6) is 1.11. The van der Waals surface area contributed by atoms with E-state index in [0.717, 1.165) is 29.7 Å². The molecule has 3 heterocycles. The summed E-state index contributed by atoms with van der Waals surface area (Å²) in [6.07, 6.45) is 1.81. The number of ether oxygens (including phenoxy) is 1. The van der Waals surface area contributed by atoms with Gasteiger partial charge < -0.3 is 19.9 Å². The number of imidazole rings is 1. The molecule has 136 valence electrons. The van der Waals surface area contributed by atoms with E-state index in [4.69, 9.17) is 4.74 Å². The van der Waals surface area contributed by atoms with Crippen molar-refractivity contribution in [1.82, 2.24) is 14.9 Å². The van der Waals surface area contributed by atoms with Crippen LogP contribution in [0.25, 0.3) is 11.0 Å². The first-order chi connectivity index (χ1) is 13.2. The van der Waals surface area contributed by atoms with Gasteiger partial charge in [0.05, 0.1) is 22.8 Å². The Hall–Kier alpha value is -3.35. The Morgan fingerprint density at radius 1 is 1.22 bits per heavy atom. The topological polar surface area (TPSA) is 87.3 Å². The second-order valence-corrected chi connectivity index (χ2v) is 6.84.